The first kappa shape index (κ1) is 13.7. The van der Waals surface area contributed by atoms with Gasteiger partial charge in [0.2, 0.25) is 0 Å². The number of hydrogen-bond donors (Lipinski definition) is 1. The number of anilines is 1. The van der Waals surface area contributed by atoms with Crippen molar-refractivity contribution in [2.75, 3.05) is 5.73 Å². The second-order valence-electron chi connectivity index (χ2n) is 4.61. The summed E-state index contributed by atoms with van der Waals surface area (Å²) in [6.07, 6.45) is 5.40. The van der Waals surface area contributed by atoms with Gasteiger partial charge >= 0.3 is 0 Å². The average Bonchev–Trinajstić information content (AvgIpc) is 3.01. The van der Waals surface area contributed by atoms with E-state index in [1.54, 1.807) is 24.7 Å². The number of thioether (sulfide) groups is 1. The minimum Gasteiger partial charge on any atom is -0.399 e. The van der Waals surface area contributed by atoms with E-state index in [9.17, 15) is 4.39 Å². The number of aromatic nitrogens is 2. The van der Waals surface area contributed by atoms with E-state index in [0.717, 1.165) is 11.3 Å². The van der Waals surface area contributed by atoms with Crippen molar-refractivity contribution < 1.29 is 4.39 Å². The van der Waals surface area contributed by atoms with Crippen molar-refractivity contribution in [1.82, 2.24) is 9.55 Å². The van der Waals surface area contributed by atoms with E-state index in [1.807, 2.05) is 35.0 Å². The molecule has 2 N–H and O–H groups in total. The van der Waals surface area contributed by atoms with Crippen molar-refractivity contribution in [1.29, 1.82) is 0 Å². The van der Waals surface area contributed by atoms with Gasteiger partial charge < -0.3 is 10.3 Å². The Morgan fingerprint density at radius 1 is 1.14 bits per heavy atom. The normalized spacial score (nSPS) is 10.7. The lowest BCUT2D eigenvalue weighted by atomic mass is 10.2. The van der Waals surface area contributed by atoms with E-state index in [0.29, 0.717) is 16.3 Å². The lowest BCUT2D eigenvalue weighted by Gasteiger charge is -2.06. The second kappa shape index (κ2) is 6.01. The third kappa shape index (κ3) is 3.25. The van der Waals surface area contributed by atoms with Crippen LogP contribution >= 0.6 is 11.8 Å². The third-order valence-corrected chi connectivity index (χ3v) is 4.21. The van der Waals surface area contributed by atoms with Crippen molar-refractivity contribution in [3.05, 3.63) is 72.6 Å². The summed E-state index contributed by atoms with van der Waals surface area (Å²) in [5, 5.41) is 0. The van der Waals surface area contributed by atoms with Crippen LogP contribution in [0.25, 0.3) is 5.69 Å². The largest absolute Gasteiger partial charge is 0.399 e. The summed E-state index contributed by atoms with van der Waals surface area (Å²) >= 11 is 1.46. The third-order valence-electron chi connectivity index (χ3n) is 3.09. The van der Waals surface area contributed by atoms with Gasteiger partial charge in [-0.2, -0.15) is 0 Å². The van der Waals surface area contributed by atoms with Crippen LogP contribution in [-0.4, -0.2) is 9.55 Å². The van der Waals surface area contributed by atoms with Crippen LogP contribution in [0.3, 0.4) is 0 Å². The SMILES string of the molecule is Nc1ccc(SCc2ccc(-n3ccnc3)cc2)c(F)c1. The topological polar surface area (TPSA) is 43.8 Å². The fraction of sp³-hybridized carbons (Fsp3) is 0.0625. The molecule has 0 fully saturated rings. The predicted molar refractivity (Wildman–Crippen MR) is 83.9 cm³/mol. The zero-order valence-corrected chi connectivity index (χ0v) is 12.1. The molecule has 0 amide bonds. The fourth-order valence-electron chi connectivity index (χ4n) is 1.97. The van der Waals surface area contributed by atoms with Gasteiger partial charge in [0.1, 0.15) is 5.82 Å². The van der Waals surface area contributed by atoms with Gasteiger partial charge in [0.15, 0.2) is 0 Å². The molecule has 3 rings (SSSR count). The number of hydrogen-bond acceptors (Lipinski definition) is 3. The molecular formula is C16H14FN3S. The summed E-state index contributed by atoms with van der Waals surface area (Å²) in [6.45, 7) is 0. The highest BCUT2D eigenvalue weighted by Crippen LogP contribution is 2.27. The van der Waals surface area contributed by atoms with Crippen LogP contribution in [0.2, 0.25) is 0 Å². The molecule has 2 aromatic carbocycles. The van der Waals surface area contributed by atoms with Gasteiger partial charge in [-0.3, -0.25) is 0 Å². The molecule has 3 aromatic rings. The van der Waals surface area contributed by atoms with E-state index >= 15 is 0 Å². The monoisotopic (exact) mass is 299 g/mol. The Bertz CT molecular complexity index is 724. The molecule has 106 valence electrons. The molecule has 1 aromatic heterocycles. The van der Waals surface area contributed by atoms with E-state index in [-0.39, 0.29) is 5.82 Å². The average molecular weight is 299 g/mol. The summed E-state index contributed by atoms with van der Waals surface area (Å²) < 4.78 is 15.6. The molecule has 0 saturated heterocycles. The molecule has 0 saturated carbocycles. The van der Waals surface area contributed by atoms with Crippen LogP contribution in [0.4, 0.5) is 10.1 Å². The van der Waals surface area contributed by atoms with Crippen molar-refractivity contribution in [2.24, 2.45) is 0 Å². The zero-order valence-electron chi connectivity index (χ0n) is 11.2. The Morgan fingerprint density at radius 2 is 1.95 bits per heavy atom. The highest BCUT2D eigenvalue weighted by Gasteiger charge is 2.04. The highest BCUT2D eigenvalue weighted by molar-refractivity contribution is 7.98. The first-order valence-electron chi connectivity index (χ1n) is 6.47. The van der Waals surface area contributed by atoms with Gasteiger partial charge in [0.05, 0.1) is 6.33 Å². The van der Waals surface area contributed by atoms with Crippen LogP contribution in [-0.2, 0) is 5.75 Å². The van der Waals surface area contributed by atoms with Crippen molar-refractivity contribution >= 4 is 17.4 Å². The van der Waals surface area contributed by atoms with E-state index < -0.39 is 0 Å². The molecule has 3 nitrogen and oxygen atoms in total. The lowest BCUT2D eigenvalue weighted by molar-refractivity contribution is 0.603. The van der Waals surface area contributed by atoms with Gasteiger partial charge in [-0.05, 0) is 35.9 Å². The Labute approximate surface area is 126 Å². The van der Waals surface area contributed by atoms with E-state index in [2.05, 4.69) is 4.98 Å². The minimum absolute atomic E-state index is 0.268. The molecule has 0 aliphatic carbocycles. The number of imidazole rings is 1. The maximum atomic E-state index is 13.7. The van der Waals surface area contributed by atoms with Gasteiger partial charge in [0.25, 0.3) is 0 Å². The quantitative estimate of drug-likeness (QED) is 0.587. The molecular weight excluding hydrogens is 285 g/mol. The Kier molecular flexibility index (Phi) is 3.92. The summed E-state index contributed by atoms with van der Waals surface area (Å²) in [4.78, 5) is 4.63. The van der Waals surface area contributed by atoms with E-state index in [1.165, 1.54) is 17.8 Å². The molecule has 21 heavy (non-hydrogen) atoms. The molecule has 0 unspecified atom stereocenters. The molecule has 0 aliphatic heterocycles. The Hall–Kier alpha value is -2.27. The van der Waals surface area contributed by atoms with Crippen molar-refractivity contribution in [3.8, 4) is 5.69 Å². The van der Waals surface area contributed by atoms with Crippen LogP contribution in [0.1, 0.15) is 5.56 Å². The zero-order chi connectivity index (χ0) is 14.7. The molecule has 0 spiro atoms. The molecule has 0 aliphatic rings. The smallest absolute Gasteiger partial charge is 0.138 e. The van der Waals surface area contributed by atoms with Crippen LogP contribution < -0.4 is 5.73 Å². The van der Waals surface area contributed by atoms with Gasteiger partial charge in [0, 0.05) is 34.4 Å². The van der Waals surface area contributed by atoms with Gasteiger partial charge in [-0.15, -0.1) is 11.8 Å². The number of halogens is 1. The van der Waals surface area contributed by atoms with Crippen molar-refractivity contribution in [2.45, 2.75) is 10.6 Å². The number of benzene rings is 2. The maximum absolute atomic E-state index is 13.7. The van der Waals surface area contributed by atoms with Crippen LogP contribution in [0, 0.1) is 5.82 Å². The molecule has 0 atom stereocenters. The minimum atomic E-state index is -0.268. The lowest BCUT2D eigenvalue weighted by Crippen LogP contribution is -1.91. The van der Waals surface area contributed by atoms with Crippen LogP contribution in [0.5, 0.6) is 0 Å². The van der Waals surface area contributed by atoms with E-state index in [4.69, 9.17) is 5.73 Å². The van der Waals surface area contributed by atoms with Crippen LogP contribution in [0.15, 0.2) is 66.1 Å². The molecule has 0 radical (unpaired) electrons. The Morgan fingerprint density at radius 3 is 2.62 bits per heavy atom. The highest BCUT2D eigenvalue weighted by atomic mass is 32.2. The maximum Gasteiger partial charge on any atom is 0.138 e. The van der Waals surface area contributed by atoms with Gasteiger partial charge in [-0.1, -0.05) is 12.1 Å². The summed E-state index contributed by atoms with van der Waals surface area (Å²) in [5.74, 6) is 0.445. The number of nitrogen functional groups attached to an aromatic ring is 1. The first-order valence-corrected chi connectivity index (χ1v) is 7.46. The predicted octanol–water partition coefficient (Wildman–Crippen LogP) is 3.89. The second-order valence-corrected chi connectivity index (χ2v) is 5.63. The number of nitrogens with zero attached hydrogens (tertiary/aromatic N) is 2. The molecule has 1 heterocycles. The number of nitrogens with two attached hydrogens (primary N) is 1. The van der Waals surface area contributed by atoms with Crippen molar-refractivity contribution in [3.63, 3.8) is 0 Å². The number of rotatable bonds is 4. The molecule has 5 heteroatoms. The standard InChI is InChI=1S/C16H14FN3S/c17-15-9-13(18)3-6-16(15)21-10-12-1-4-14(5-2-12)20-8-7-19-11-20/h1-9,11H,10,18H2. The summed E-state index contributed by atoms with van der Waals surface area (Å²) in [6, 6.07) is 12.9. The molecule has 0 bridgehead atoms. The Balaban J connectivity index is 1.68. The first-order chi connectivity index (χ1) is 10.2. The summed E-state index contributed by atoms with van der Waals surface area (Å²) in [5.41, 5.74) is 8.18. The summed E-state index contributed by atoms with van der Waals surface area (Å²) in [7, 11) is 0. The fourth-order valence-corrected chi connectivity index (χ4v) is 2.85. The van der Waals surface area contributed by atoms with Gasteiger partial charge in [-0.25, -0.2) is 9.37 Å².